The van der Waals surface area contributed by atoms with Crippen LogP contribution in [0, 0.1) is 0 Å². The number of hydrogen-bond acceptors (Lipinski definition) is 5. The second-order valence-corrected chi connectivity index (χ2v) is 7.02. The molecule has 5 N–H and O–H groups in total. The number of nitrogens with two attached hydrogens (primary N) is 1. The first-order valence-electron chi connectivity index (χ1n) is 8.09. The number of carbonyl (C=O) groups is 1. The van der Waals surface area contributed by atoms with Gasteiger partial charge in [0, 0.05) is 37.7 Å². The number of piperidine rings is 1. The zero-order chi connectivity index (χ0) is 17.4. The van der Waals surface area contributed by atoms with Gasteiger partial charge in [-0.05, 0) is 28.8 Å². The Kier molecular flexibility index (Phi) is 4.18. The highest BCUT2D eigenvalue weighted by Gasteiger charge is 2.24. The summed E-state index contributed by atoms with van der Waals surface area (Å²) < 4.78 is 0.882. The first-order chi connectivity index (χ1) is 12.1. The maximum atomic E-state index is 12.4. The minimum atomic E-state index is -0.226. The summed E-state index contributed by atoms with van der Waals surface area (Å²) in [5.41, 5.74) is 9.04. The van der Waals surface area contributed by atoms with E-state index in [1.807, 2.05) is 0 Å². The normalized spacial score (nSPS) is 17.8. The predicted molar refractivity (Wildman–Crippen MR) is 99.8 cm³/mol. The number of anilines is 2. The molecule has 1 aliphatic rings. The molecule has 130 valence electrons. The summed E-state index contributed by atoms with van der Waals surface area (Å²) in [4.78, 5) is 22.2. The van der Waals surface area contributed by atoms with E-state index >= 15 is 0 Å². The minimum Gasteiger partial charge on any atom is -0.368 e. The van der Waals surface area contributed by atoms with E-state index < -0.39 is 0 Å². The van der Waals surface area contributed by atoms with Gasteiger partial charge in [0.25, 0.3) is 5.91 Å². The third-order valence-electron chi connectivity index (χ3n) is 4.41. The van der Waals surface area contributed by atoms with E-state index in [0.29, 0.717) is 11.3 Å². The molecular formula is C16H18BrN7O. The molecule has 9 heteroatoms. The topological polar surface area (TPSA) is 116 Å². The number of pyridine rings is 1. The summed E-state index contributed by atoms with van der Waals surface area (Å²) in [5.74, 6) is -0.226. The molecule has 3 aromatic heterocycles. The fourth-order valence-electron chi connectivity index (χ4n) is 3.25. The molecule has 0 aromatic carbocycles. The van der Waals surface area contributed by atoms with Gasteiger partial charge in [0.1, 0.15) is 5.65 Å². The summed E-state index contributed by atoms with van der Waals surface area (Å²) in [6.07, 6.45) is 8.65. The largest absolute Gasteiger partial charge is 0.368 e. The maximum Gasteiger partial charge on any atom is 0.258 e. The van der Waals surface area contributed by atoms with Crippen molar-refractivity contribution in [2.45, 2.75) is 18.9 Å². The molecule has 25 heavy (non-hydrogen) atoms. The number of nitrogens with one attached hydrogen (secondary N) is 3. The van der Waals surface area contributed by atoms with Crippen molar-refractivity contribution >= 4 is 44.2 Å². The van der Waals surface area contributed by atoms with E-state index in [0.717, 1.165) is 47.1 Å². The Bertz CT molecular complexity index is 905. The quantitative estimate of drug-likeness (QED) is 0.534. The van der Waals surface area contributed by atoms with Gasteiger partial charge < -0.3 is 20.9 Å². The second-order valence-electron chi connectivity index (χ2n) is 6.17. The summed E-state index contributed by atoms with van der Waals surface area (Å²) in [6.45, 7) is 1.70. The Morgan fingerprint density at radius 3 is 3.04 bits per heavy atom. The molecule has 1 atom stereocenters. The Labute approximate surface area is 152 Å². The SMILES string of the molecule is NC1CCCN(c2c(Br)cnc3[nH]cc(NC(=O)c4cn[nH]c4)c23)C1. The molecule has 0 radical (unpaired) electrons. The van der Waals surface area contributed by atoms with Crippen molar-refractivity contribution in [1.29, 1.82) is 0 Å². The molecule has 8 nitrogen and oxygen atoms in total. The predicted octanol–water partition coefficient (Wildman–Crippen LogP) is 2.23. The number of halogens is 1. The van der Waals surface area contributed by atoms with Gasteiger partial charge in [-0.3, -0.25) is 9.89 Å². The first-order valence-corrected chi connectivity index (χ1v) is 8.89. The van der Waals surface area contributed by atoms with E-state index in [-0.39, 0.29) is 11.9 Å². The number of H-pyrrole nitrogens is 2. The van der Waals surface area contributed by atoms with Crippen LogP contribution in [0.3, 0.4) is 0 Å². The average molecular weight is 404 g/mol. The number of aromatic nitrogens is 4. The van der Waals surface area contributed by atoms with Crippen LogP contribution < -0.4 is 16.0 Å². The molecule has 1 aliphatic heterocycles. The minimum absolute atomic E-state index is 0.145. The van der Waals surface area contributed by atoms with E-state index in [4.69, 9.17) is 5.73 Å². The van der Waals surface area contributed by atoms with Crippen molar-refractivity contribution in [2.75, 3.05) is 23.3 Å². The van der Waals surface area contributed by atoms with E-state index in [2.05, 4.69) is 46.3 Å². The number of amides is 1. The van der Waals surface area contributed by atoms with Gasteiger partial charge in [0.05, 0.1) is 33.0 Å². The molecule has 1 saturated heterocycles. The Hall–Kier alpha value is -2.39. The Morgan fingerprint density at radius 1 is 1.40 bits per heavy atom. The van der Waals surface area contributed by atoms with Crippen molar-refractivity contribution in [3.05, 3.63) is 34.8 Å². The lowest BCUT2D eigenvalue weighted by molar-refractivity contribution is 0.102. The number of fused-ring (bicyclic) bond motifs is 1. The number of aromatic amines is 2. The molecule has 0 aliphatic carbocycles. The lowest BCUT2D eigenvalue weighted by atomic mass is 10.1. The van der Waals surface area contributed by atoms with Crippen LogP contribution in [0.25, 0.3) is 11.0 Å². The molecule has 0 bridgehead atoms. The van der Waals surface area contributed by atoms with Gasteiger partial charge in [-0.2, -0.15) is 5.10 Å². The van der Waals surface area contributed by atoms with Crippen LogP contribution in [0.4, 0.5) is 11.4 Å². The summed E-state index contributed by atoms with van der Waals surface area (Å²) >= 11 is 3.61. The number of rotatable bonds is 3. The van der Waals surface area contributed by atoms with Gasteiger partial charge >= 0.3 is 0 Å². The maximum absolute atomic E-state index is 12.4. The number of carbonyl (C=O) groups excluding carboxylic acids is 1. The molecule has 1 fully saturated rings. The van der Waals surface area contributed by atoms with Crippen LogP contribution >= 0.6 is 15.9 Å². The summed E-state index contributed by atoms with van der Waals surface area (Å²) in [6, 6.07) is 0.145. The lowest BCUT2D eigenvalue weighted by Crippen LogP contribution is -2.43. The first kappa shape index (κ1) is 16.1. The molecule has 1 unspecified atom stereocenters. The monoisotopic (exact) mass is 403 g/mol. The average Bonchev–Trinajstić information content (AvgIpc) is 3.25. The zero-order valence-corrected chi connectivity index (χ0v) is 15.0. The smallest absolute Gasteiger partial charge is 0.258 e. The molecule has 1 amide bonds. The highest BCUT2D eigenvalue weighted by molar-refractivity contribution is 9.10. The molecule has 4 rings (SSSR count). The van der Waals surface area contributed by atoms with Crippen LogP contribution in [-0.4, -0.2) is 45.2 Å². The Balaban J connectivity index is 1.76. The van der Waals surface area contributed by atoms with Crippen molar-refractivity contribution in [1.82, 2.24) is 20.2 Å². The third-order valence-corrected chi connectivity index (χ3v) is 4.99. The standard InChI is InChI=1S/C16H18BrN7O/c17-11-6-19-15-13(14(11)24-3-1-2-10(18)8-24)12(7-20-15)23-16(25)9-4-21-22-5-9/h4-7,10H,1-3,8,18H2,(H,19,20)(H,21,22)(H,23,25). The molecule has 0 spiro atoms. The summed E-state index contributed by atoms with van der Waals surface area (Å²) in [5, 5.41) is 10.3. The van der Waals surface area contributed by atoms with Gasteiger partial charge in [-0.1, -0.05) is 0 Å². The highest BCUT2D eigenvalue weighted by Crippen LogP contribution is 2.38. The van der Waals surface area contributed by atoms with Crippen LogP contribution in [0.5, 0.6) is 0 Å². The Morgan fingerprint density at radius 2 is 2.28 bits per heavy atom. The molecule has 3 aromatic rings. The zero-order valence-electron chi connectivity index (χ0n) is 13.4. The summed E-state index contributed by atoms with van der Waals surface area (Å²) in [7, 11) is 0. The fraction of sp³-hybridized carbons (Fsp3) is 0.312. The third kappa shape index (κ3) is 3.00. The van der Waals surface area contributed by atoms with Gasteiger partial charge in [-0.15, -0.1) is 0 Å². The van der Waals surface area contributed by atoms with Crippen LogP contribution in [0.15, 0.2) is 29.3 Å². The van der Waals surface area contributed by atoms with Crippen LogP contribution in [-0.2, 0) is 0 Å². The second kappa shape index (κ2) is 6.49. The number of hydrogen-bond donors (Lipinski definition) is 4. The van der Waals surface area contributed by atoms with Crippen LogP contribution in [0.2, 0.25) is 0 Å². The van der Waals surface area contributed by atoms with Gasteiger partial charge in [0.2, 0.25) is 0 Å². The van der Waals surface area contributed by atoms with Crippen LogP contribution in [0.1, 0.15) is 23.2 Å². The van der Waals surface area contributed by atoms with E-state index in [1.165, 1.54) is 6.20 Å². The fourth-order valence-corrected chi connectivity index (χ4v) is 3.80. The molecular weight excluding hydrogens is 386 g/mol. The lowest BCUT2D eigenvalue weighted by Gasteiger charge is -2.33. The highest BCUT2D eigenvalue weighted by atomic mass is 79.9. The molecule has 0 saturated carbocycles. The van der Waals surface area contributed by atoms with Gasteiger partial charge in [0.15, 0.2) is 0 Å². The molecule has 4 heterocycles. The number of nitrogens with zero attached hydrogens (tertiary/aromatic N) is 3. The van der Waals surface area contributed by atoms with Crippen molar-refractivity contribution < 1.29 is 4.79 Å². The van der Waals surface area contributed by atoms with Crippen molar-refractivity contribution in [2.24, 2.45) is 5.73 Å². The van der Waals surface area contributed by atoms with Crippen molar-refractivity contribution in [3.8, 4) is 0 Å². The van der Waals surface area contributed by atoms with E-state index in [1.54, 1.807) is 18.6 Å². The van der Waals surface area contributed by atoms with Crippen molar-refractivity contribution in [3.63, 3.8) is 0 Å². The van der Waals surface area contributed by atoms with E-state index in [9.17, 15) is 4.79 Å². The van der Waals surface area contributed by atoms with Gasteiger partial charge in [-0.25, -0.2) is 4.98 Å².